The van der Waals surface area contributed by atoms with Gasteiger partial charge in [-0.25, -0.2) is 10.2 Å². The molecule has 0 spiro atoms. The van der Waals surface area contributed by atoms with Crippen LogP contribution in [0.15, 0.2) is 0 Å². The Labute approximate surface area is 36.9 Å². The average Bonchev–Trinajstić information content (AvgIpc) is 0.918. The number of isocyanates is 1. The van der Waals surface area contributed by atoms with E-state index in [-0.39, 0.29) is 19.6 Å². The smallest absolute Gasteiger partial charge is 0.231 e. The van der Waals surface area contributed by atoms with Gasteiger partial charge < -0.3 is 6.15 Å². The van der Waals surface area contributed by atoms with E-state index in [1.807, 2.05) is 0 Å². The molecule has 0 fully saturated rings. The van der Waals surface area contributed by atoms with Crippen LogP contribution in [-0.4, -0.2) is 6.08 Å². The molecule has 5 heavy (non-hydrogen) atoms. The van der Waals surface area contributed by atoms with Gasteiger partial charge in [0.2, 0.25) is 6.08 Å². The van der Waals surface area contributed by atoms with Crippen molar-refractivity contribution in [2.75, 3.05) is 0 Å². The summed E-state index contributed by atoms with van der Waals surface area (Å²) < 4.78 is 0. The maximum absolute atomic E-state index is 8.35. The second-order valence-corrected chi connectivity index (χ2v) is 0.102. The first-order valence-electron chi connectivity index (χ1n) is 0.454. The van der Waals surface area contributed by atoms with Gasteiger partial charge >= 0.3 is 0 Å². The predicted octanol–water partition coefficient (Wildman–Crippen LogP) is 0.176. The lowest BCUT2D eigenvalue weighted by molar-refractivity contribution is 0.563. The lowest BCUT2D eigenvalue weighted by Gasteiger charge is -1.02. The summed E-state index contributed by atoms with van der Waals surface area (Å²) in [5.41, 5.74) is 0. The zero-order chi connectivity index (χ0) is 2.71. The van der Waals surface area contributed by atoms with E-state index in [2.05, 4.69) is 0 Å². The molecule has 4 N–H and O–H groups in total. The highest BCUT2D eigenvalue weighted by Gasteiger charge is 1.03. The van der Waals surface area contributed by atoms with Gasteiger partial charge in [0.25, 0.3) is 0 Å². The fourth-order valence-corrected chi connectivity index (χ4v) is 0. The first-order valence-corrected chi connectivity index (χ1v) is 0.454. The van der Waals surface area contributed by atoms with Gasteiger partial charge in [-0.1, -0.05) is 0 Å². The minimum Gasteiger partial charge on any atom is -0.344 e. The molecule has 0 aromatic heterocycles. The van der Waals surface area contributed by atoms with Gasteiger partial charge in [0, 0.05) is 0 Å². The summed E-state index contributed by atoms with van der Waals surface area (Å²) in [5, 5.41) is 5.40. The third-order valence-corrected chi connectivity index (χ3v) is 0. The summed E-state index contributed by atoms with van der Waals surface area (Å²) in [5.74, 6) is 0. The zero-order valence-electron chi connectivity index (χ0n) is 2.62. The quantitative estimate of drug-likeness (QED) is 0.331. The van der Waals surface area contributed by atoms with E-state index >= 15 is 0 Å². The van der Waals surface area contributed by atoms with Crippen molar-refractivity contribution in [1.29, 1.82) is 5.41 Å². The van der Waals surface area contributed by atoms with E-state index in [0.29, 0.717) is 0 Å². The molecule has 0 aliphatic rings. The number of carbonyl (C=O) groups excluding carboxylic acids is 1. The van der Waals surface area contributed by atoms with Crippen LogP contribution in [0.4, 0.5) is 0 Å². The molecule has 0 bridgehead atoms. The Morgan fingerprint density at radius 2 is 1.60 bits per heavy atom. The summed E-state index contributed by atoms with van der Waals surface area (Å²) >= 11 is 0. The molecule has 4 heteroatoms. The molecule has 0 aromatic carbocycles. The van der Waals surface area contributed by atoms with Crippen LogP contribution >= 0.6 is 13.5 Å². The molecule has 0 aliphatic heterocycles. The summed E-state index contributed by atoms with van der Waals surface area (Å²) in [4.78, 5) is 8.35. The standard InChI is InChI=1S/CHNO.H3N.H2S/c2-1-3;;/h2H;1H3;1H2. The van der Waals surface area contributed by atoms with Crippen molar-refractivity contribution in [2.24, 2.45) is 0 Å². The lowest BCUT2D eigenvalue weighted by Crippen LogP contribution is -1.16. The van der Waals surface area contributed by atoms with Gasteiger partial charge in [-0.15, -0.1) is 0 Å². The molecular formula is CH6N2OS. The molecule has 0 rings (SSSR count). The molecule has 32 valence electrons. The molecular weight excluding hydrogens is 88.1 g/mol. The summed E-state index contributed by atoms with van der Waals surface area (Å²) in [7, 11) is 0. The van der Waals surface area contributed by atoms with Gasteiger partial charge in [-0.2, -0.15) is 13.5 Å². The molecule has 0 saturated carbocycles. The Hall–Kier alpha value is -0.310. The molecule has 0 aromatic rings. The van der Waals surface area contributed by atoms with Crippen LogP contribution in [0.1, 0.15) is 0 Å². The van der Waals surface area contributed by atoms with Gasteiger partial charge in [0.1, 0.15) is 0 Å². The molecule has 0 atom stereocenters. The lowest BCUT2D eigenvalue weighted by atomic mass is 11.7. The average molecular weight is 94.1 g/mol. The van der Waals surface area contributed by atoms with E-state index in [1.165, 1.54) is 0 Å². The van der Waals surface area contributed by atoms with E-state index in [1.54, 1.807) is 0 Å². The number of nitrogens with one attached hydrogen (secondary N) is 1. The summed E-state index contributed by atoms with van der Waals surface area (Å²) in [6.45, 7) is 0. The van der Waals surface area contributed by atoms with Crippen LogP contribution in [-0.2, 0) is 4.79 Å². The minimum absolute atomic E-state index is 0. The van der Waals surface area contributed by atoms with Gasteiger partial charge in [-0.05, 0) is 0 Å². The Morgan fingerprint density at radius 1 is 1.60 bits per heavy atom. The molecule has 0 heterocycles. The molecule has 0 saturated heterocycles. The van der Waals surface area contributed by atoms with Crippen molar-refractivity contribution in [1.82, 2.24) is 6.15 Å². The Kier molecular flexibility index (Phi) is 251. The molecule has 0 amide bonds. The van der Waals surface area contributed by atoms with E-state index < -0.39 is 0 Å². The van der Waals surface area contributed by atoms with E-state index in [9.17, 15) is 0 Å². The Balaban J connectivity index is -0.0000000200. The fourth-order valence-electron chi connectivity index (χ4n) is 0. The van der Waals surface area contributed by atoms with Crippen LogP contribution in [0, 0.1) is 5.41 Å². The molecule has 0 unspecified atom stereocenters. The first kappa shape index (κ1) is 22.4. The zero-order valence-corrected chi connectivity index (χ0v) is 3.62. The van der Waals surface area contributed by atoms with Crippen molar-refractivity contribution < 1.29 is 4.79 Å². The van der Waals surface area contributed by atoms with Crippen LogP contribution in [0.3, 0.4) is 0 Å². The SMILES string of the molecule is N.N=C=O.S. The largest absolute Gasteiger partial charge is 0.344 e. The second-order valence-electron chi connectivity index (χ2n) is 0.102. The second kappa shape index (κ2) is 56.1. The van der Waals surface area contributed by atoms with Crippen LogP contribution < -0.4 is 6.15 Å². The van der Waals surface area contributed by atoms with Gasteiger partial charge in [0.05, 0.1) is 0 Å². The molecule has 3 nitrogen and oxygen atoms in total. The maximum atomic E-state index is 8.35. The topological polar surface area (TPSA) is 75.9 Å². The highest BCUT2D eigenvalue weighted by molar-refractivity contribution is 7.59. The highest BCUT2D eigenvalue weighted by Crippen LogP contribution is 0.868. The summed E-state index contributed by atoms with van der Waals surface area (Å²) in [6.07, 6.45) is 0.750. The monoisotopic (exact) mass is 94.0 g/mol. The molecule has 0 radical (unpaired) electrons. The first-order chi connectivity index (χ1) is 1.41. The third kappa shape index (κ3) is 110. The van der Waals surface area contributed by atoms with E-state index in [4.69, 9.17) is 10.2 Å². The highest BCUT2D eigenvalue weighted by atomic mass is 32.1. The molecule has 0 aliphatic carbocycles. The summed E-state index contributed by atoms with van der Waals surface area (Å²) in [6, 6.07) is 0. The maximum Gasteiger partial charge on any atom is 0.231 e. The van der Waals surface area contributed by atoms with Crippen molar-refractivity contribution >= 4 is 19.6 Å². The van der Waals surface area contributed by atoms with Crippen molar-refractivity contribution in [3.63, 3.8) is 0 Å². The van der Waals surface area contributed by atoms with Crippen LogP contribution in [0.2, 0.25) is 0 Å². The normalized spacial score (nSPS) is 1.60. The number of hydrogen-bond acceptors (Lipinski definition) is 3. The fraction of sp³-hybridized carbons (Fsp3) is 0. The predicted molar refractivity (Wildman–Crippen MR) is 23.8 cm³/mol. The van der Waals surface area contributed by atoms with Gasteiger partial charge in [-0.3, -0.25) is 0 Å². The van der Waals surface area contributed by atoms with E-state index in [0.717, 1.165) is 6.08 Å². The Bertz CT molecular complexity index is 30.6. The van der Waals surface area contributed by atoms with Gasteiger partial charge in [0.15, 0.2) is 0 Å². The minimum atomic E-state index is 0. The number of hydrogen-bond donors (Lipinski definition) is 2. The van der Waals surface area contributed by atoms with Crippen molar-refractivity contribution in [2.45, 2.75) is 0 Å². The van der Waals surface area contributed by atoms with Crippen LogP contribution in [0.25, 0.3) is 0 Å². The van der Waals surface area contributed by atoms with Crippen molar-refractivity contribution in [3.8, 4) is 0 Å². The number of rotatable bonds is 0. The van der Waals surface area contributed by atoms with Crippen molar-refractivity contribution in [3.05, 3.63) is 0 Å². The Morgan fingerprint density at radius 3 is 1.60 bits per heavy atom. The van der Waals surface area contributed by atoms with Crippen LogP contribution in [0.5, 0.6) is 0 Å². The third-order valence-electron chi connectivity index (χ3n) is 0.